The molecule has 2 aromatic rings. The molecule has 0 aromatic heterocycles. The summed E-state index contributed by atoms with van der Waals surface area (Å²) in [7, 11) is 0. The summed E-state index contributed by atoms with van der Waals surface area (Å²) in [4.78, 5) is 29.1. The molecule has 6 nitrogen and oxygen atoms in total. The number of fused-ring (bicyclic) bond motifs is 1. The van der Waals surface area contributed by atoms with E-state index < -0.39 is 0 Å². The number of amides is 2. The van der Waals surface area contributed by atoms with Gasteiger partial charge in [-0.1, -0.05) is 49.4 Å². The van der Waals surface area contributed by atoms with Gasteiger partial charge < -0.3 is 15.0 Å². The van der Waals surface area contributed by atoms with Gasteiger partial charge in [0, 0.05) is 32.5 Å². The standard InChI is InChI=1S/C25H33N3O3/c1-3-27(19-21-10-5-4-6-11-21)17-9-16-26-24(29)14-15-25(30)28-18-20(2)31-23-13-8-7-12-22(23)28/h4-8,10-13,20H,3,9,14-19H2,1-2H3,(H,26,29). The van der Waals surface area contributed by atoms with Crippen molar-refractivity contribution in [3.63, 3.8) is 0 Å². The molecule has 0 fully saturated rings. The molecular formula is C25H33N3O3. The Hall–Kier alpha value is -2.86. The SMILES string of the molecule is CCN(CCCNC(=O)CCC(=O)N1CC(C)Oc2ccccc21)Cc1ccccc1. The van der Waals surface area contributed by atoms with E-state index in [9.17, 15) is 9.59 Å². The summed E-state index contributed by atoms with van der Waals surface area (Å²) in [6, 6.07) is 17.9. The lowest BCUT2D eigenvalue weighted by molar-refractivity contribution is -0.125. The molecule has 2 amide bonds. The maximum atomic E-state index is 12.7. The molecule has 0 saturated carbocycles. The number of nitrogens with zero attached hydrogens (tertiary/aromatic N) is 2. The second-order valence-electron chi connectivity index (χ2n) is 7.96. The average molecular weight is 424 g/mol. The van der Waals surface area contributed by atoms with Crippen LogP contribution in [0.4, 0.5) is 5.69 Å². The summed E-state index contributed by atoms with van der Waals surface area (Å²) < 4.78 is 5.79. The van der Waals surface area contributed by atoms with E-state index in [1.165, 1.54) is 5.56 Å². The summed E-state index contributed by atoms with van der Waals surface area (Å²) in [5.74, 6) is 0.599. The smallest absolute Gasteiger partial charge is 0.227 e. The molecule has 0 bridgehead atoms. The lowest BCUT2D eigenvalue weighted by atomic mass is 10.1. The van der Waals surface area contributed by atoms with E-state index in [-0.39, 0.29) is 30.8 Å². The molecule has 0 radical (unpaired) electrons. The van der Waals surface area contributed by atoms with Crippen LogP contribution in [0.25, 0.3) is 0 Å². The van der Waals surface area contributed by atoms with E-state index in [0.717, 1.165) is 37.5 Å². The van der Waals surface area contributed by atoms with Crippen LogP contribution in [0.3, 0.4) is 0 Å². The molecule has 0 saturated heterocycles. The first-order valence-electron chi connectivity index (χ1n) is 11.2. The fraction of sp³-hybridized carbons (Fsp3) is 0.440. The zero-order valence-electron chi connectivity index (χ0n) is 18.5. The Kier molecular flexibility index (Phi) is 8.47. The van der Waals surface area contributed by atoms with Gasteiger partial charge in [0.05, 0.1) is 12.2 Å². The largest absolute Gasteiger partial charge is 0.487 e. The number of ether oxygens (including phenoxy) is 1. The predicted molar refractivity (Wildman–Crippen MR) is 123 cm³/mol. The second kappa shape index (κ2) is 11.5. The van der Waals surface area contributed by atoms with Crippen molar-refractivity contribution in [1.29, 1.82) is 0 Å². The highest BCUT2D eigenvalue weighted by atomic mass is 16.5. The molecule has 0 aliphatic carbocycles. The van der Waals surface area contributed by atoms with E-state index in [4.69, 9.17) is 4.74 Å². The third-order valence-electron chi connectivity index (χ3n) is 5.46. The molecule has 31 heavy (non-hydrogen) atoms. The van der Waals surface area contributed by atoms with Crippen LogP contribution in [-0.4, -0.2) is 49.0 Å². The van der Waals surface area contributed by atoms with Gasteiger partial charge in [-0.3, -0.25) is 14.5 Å². The van der Waals surface area contributed by atoms with Crippen molar-refractivity contribution in [1.82, 2.24) is 10.2 Å². The first-order valence-corrected chi connectivity index (χ1v) is 11.2. The monoisotopic (exact) mass is 423 g/mol. The summed E-state index contributed by atoms with van der Waals surface area (Å²) in [6.07, 6.45) is 1.22. The summed E-state index contributed by atoms with van der Waals surface area (Å²) in [5.41, 5.74) is 2.08. The fourth-order valence-electron chi connectivity index (χ4n) is 3.79. The summed E-state index contributed by atoms with van der Waals surface area (Å²) in [6.45, 7) is 8.03. The van der Waals surface area contributed by atoms with Crippen molar-refractivity contribution in [2.45, 2.75) is 45.8 Å². The lowest BCUT2D eigenvalue weighted by Crippen LogP contribution is -2.42. The van der Waals surface area contributed by atoms with Gasteiger partial charge in [-0.15, -0.1) is 0 Å². The van der Waals surface area contributed by atoms with Crippen LogP contribution in [0.2, 0.25) is 0 Å². The Morgan fingerprint density at radius 2 is 1.84 bits per heavy atom. The van der Waals surface area contributed by atoms with Gasteiger partial charge >= 0.3 is 0 Å². The number of hydrogen-bond acceptors (Lipinski definition) is 4. The van der Waals surface area contributed by atoms with Gasteiger partial charge in [-0.2, -0.15) is 0 Å². The van der Waals surface area contributed by atoms with E-state index in [1.54, 1.807) is 4.90 Å². The zero-order valence-corrected chi connectivity index (χ0v) is 18.5. The molecule has 1 N–H and O–H groups in total. The van der Waals surface area contributed by atoms with E-state index in [2.05, 4.69) is 41.4 Å². The molecule has 1 heterocycles. The molecule has 1 atom stereocenters. The van der Waals surface area contributed by atoms with Crippen LogP contribution >= 0.6 is 0 Å². The third-order valence-corrected chi connectivity index (χ3v) is 5.46. The van der Waals surface area contributed by atoms with Crippen LogP contribution in [0.5, 0.6) is 5.75 Å². The average Bonchev–Trinajstić information content (AvgIpc) is 2.79. The topological polar surface area (TPSA) is 61.9 Å². The number of hydrogen-bond donors (Lipinski definition) is 1. The minimum Gasteiger partial charge on any atom is -0.487 e. The summed E-state index contributed by atoms with van der Waals surface area (Å²) in [5, 5.41) is 2.95. The highest BCUT2D eigenvalue weighted by Crippen LogP contribution is 2.33. The van der Waals surface area contributed by atoms with Gasteiger partial charge in [-0.05, 0) is 37.6 Å². The lowest BCUT2D eigenvalue weighted by Gasteiger charge is -2.33. The Labute approximate surface area is 185 Å². The first kappa shape index (κ1) is 22.8. The highest BCUT2D eigenvalue weighted by Gasteiger charge is 2.27. The number of para-hydroxylation sites is 2. The molecule has 0 spiro atoms. The van der Waals surface area contributed by atoms with Crippen molar-refractivity contribution in [2.75, 3.05) is 31.1 Å². The molecule has 2 aromatic carbocycles. The number of rotatable bonds is 10. The Bertz CT molecular complexity index is 856. The Morgan fingerprint density at radius 1 is 1.10 bits per heavy atom. The number of benzene rings is 2. The van der Waals surface area contributed by atoms with Crippen LogP contribution < -0.4 is 15.0 Å². The van der Waals surface area contributed by atoms with Crippen LogP contribution in [0.15, 0.2) is 54.6 Å². The van der Waals surface area contributed by atoms with Gasteiger partial charge in [0.1, 0.15) is 11.9 Å². The minimum absolute atomic E-state index is 0.0437. The maximum Gasteiger partial charge on any atom is 0.227 e. The van der Waals surface area contributed by atoms with Gasteiger partial charge in [0.2, 0.25) is 11.8 Å². The highest BCUT2D eigenvalue weighted by molar-refractivity contribution is 5.97. The third kappa shape index (κ3) is 6.82. The van der Waals surface area contributed by atoms with E-state index in [1.807, 2.05) is 37.3 Å². The van der Waals surface area contributed by atoms with Crippen molar-refractivity contribution >= 4 is 17.5 Å². The van der Waals surface area contributed by atoms with Gasteiger partial charge in [0.25, 0.3) is 0 Å². The molecule has 3 rings (SSSR count). The second-order valence-corrected chi connectivity index (χ2v) is 7.96. The molecule has 166 valence electrons. The van der Waals surface area contributed by atoms with Crippen molar-refractivity contribution in [2.24, 2.45) is 0 Å². The maximum absolute atomic E-state index is 12.7. The molecule has 1 unspecified atom stereocenters. The first-order chi connectivity index (χ1) is 15.1. The van der Waals surface area contributed by atoms with Crippen molar-refractivity contribution in [3.8, 4) is 5.75 Å². The van der Waals surface area contributed by atoms with Crippen molar-refractivity contribution < 1.29 is 14.3 Å². The quantitative estimate of drug-likeness (QED) is 0.593. The zero-order chi connectivity index (χ0) is 22.1. The van der Waals surface area contributed by atoms with Gasteiger partial charge in [0.15, 0.2) is 0 Å². The van der Waals surface area contributed by atoms with Crippen LogP contribution in [0.1, 0.15) is 38.7 Å². The number of carbonyl (C=O) groups excluding carboxylic acids is 2. The molecule has 1 aliphatic heterocycles. The normalized spacial score (nSPS) is 15.3. The number of anilines is 1. The predicted octanol–water partition coefficient (Wildman–Crippen LogP) is 3.61. The molecule has 6 heteroatoms. The molecule has 1 aliphatic rings. The van der Waals surface area contributed by atoms with Crippen LogP contribution in [0, 0.1) is 0 Å². The van der Waals surface area contributed by atoms with Crippen molar-refractivity contribution in [3.05, 3.63) is 60.2 Å². The van der Waals surface area contributed by atoms with E-state index >= 15 is 0 Å². The van der Waals surface area contributed by atoms with Gasteiger partial charge in [-0.25, -0.2) is 0 Å². The summed E-state index contributed by atoms with van der Waals surface area (Å²) >= 11 is 0. The Balaban J connectivity index is 1.37. The van der Waals surface area contributed by atoms with E-state index in [0.29, 0.717) is 13.1 Å². The van der Waals surface area contributed by atoms with Crippen LogP contribution in [-0.2, 0) is 16.1 Å². The minimum atomic E-state index is -0.0750. The fourth-order valence-corrected chi connectivity index (χ4v) is 3.79. The Morgan fingerprint density at radius 3 is 2.61 bits per heavy atom. The number of carbonyl (C=O) groups is 2. The molecular weight excluding hydrogens is 390 g/mol. The number of nitrogens with one attached hydrogen (secondary N) is 1.